The van der Waals surface area contributed by atoms with Gasteiger partial charge in [0.05, 0.1) is 18.2 Å². The maximum atomic E-state index is 12.5. The summed E-state index contributed by atoms with van der Waals surface area (Å²) in [4.78, 5) is 24.6. The number of alkyl halides is 2. The van der Waals surface area contributed by atoms with Crippen molar-refractivity contribution in [1.82, 2.24) is 0 Å². The highest BCUT2D eigenvalue weighted by Gasteiger charge is 2.21. The fourth-order valence-electron chi connectivity index (χ4n) is 2.19. The second kappa shape index (κ2) is 8.42. The summed E-state index contributed by atoms with van der Waals surface area (Å²) in [6.07, 6.45) is 0. The highest BCUT2D eigenvalue weighted by atomic mass is 19.3. The monoisotopic (exact) mass is 364 g/mol. The number of carbonyl (C=O) groups excluding carboxylic acids is 2. The minimum atomic E-state index is -3.08. The molecule has 5 nitrogen and oxygen atoms in total. The molecule has 2 aromatic rings. The lowest BCUT2D eigenvalue weighted by Gasteiger charge is -2.13. The van der Waals surface area contributed by atoms with Gasteiger partial charge in [-0.05, 0) is 30.3 Å². The van der Waals surface area contributed by atoms with Gasteiger partial charge in [0.2, 0.25) is 0 Å². The topological polar surface area (TPSA) is 61.8 Å². The molecule has 0 atom stereocenters. The van der Waals surface area contributed by atoms with Crippen molar-refractivity contribution in [3.63, 3.8) is 0 Å². The molecule has 0 heterocycles. The normalized spacial score (nSPS) is 10.7. The van der Waals surface area contributed by atoms with Crippen LogP contribution in [0.3, 0.4) is 0 Å². The Bertz CT molecular complexity index is 802. The van der Waals surface area contributed by atoms with E-state index < -0.39 is 24.3 Å². The quantitative estimate of drug-likeness (QED) is 0.415. The van der Waals surface area contributed by atoms with Crippen LogP contribution in [-0.4, -0.2) is 25.5 Å². The van der Waals surface area contributed by atoms with Crippen LogP contribution in [0.5, 0.6) is 17.2 Å². The molecule has 0 aliphatic carbocycles. The van der Waals surface area contributed by atoms with E-state index in [-0.39, 0.29) is 22.6 Å². The van der Waals surface area contributed by atoms with E-state index in [1.165, 1.54) is 25.3 Å². The van der Waals surface area contributed by atoms with Crippen LogP contribution in [0, 0.1) is 5.92 Å². The van der Waals surface area contributed by atoms with Crippen molar-refractivity contribution in [3.05, 3.63) is 53.6 Å². The Hall–Kier alpha value is -2.96. The molecule has 0 saturated carbocycles. The lowest BCUT2D eigenvalue weighted by atomic mass is 9.98. The Morgan fingerprint density at radius 1 is 1.00 bits per heavy atom. The van der Waals surface area contributed by atoms with Gasteiger partial charge in [0, 0.05) is 12.0 Å². The van der Waals surface area contributed by atoms with Crippen LogP contribution in [0.4, 0.5) is 8.78 Å². The first kappa shape index (κ1) is 19.4. The van der Waals surface area contributed by atoms with Crippen LogP contribution in [-0.2, 0) is 0 Å². The lowest BCUT2D eigenvalue weighted by molar-refractivity contribution is -0.0501. The van der Waals surface area contributed by atoms with E-state index in [4.69, 9.17) is 9.47 Å². The van der Waals surface area contributed by atoms with Gasteiger partial charge in [-0.1, -0.05) is 19.9 Å². The molecular formula is C19H18F2O5. The molecule has 0 unspecified atom stereocenters. The summed E-state index contributed by atoms with van der Waals surface area (Å²) < 4.78 is 39.8. The van der Waals surface area contributed by atoms with Gasteiger partial charge < -0.3 is 14.2 Å². The van der Waals surface area contributed by atoms with E-state index in [1.54, 1.807) is 32.0 Å². The zero-order chi connectivity index (χ0) is 19.3. The number of Topliss-reactive ketones (excluding diaryl/α,β-unsaturated/α-hetero) is 1. The fraction of sp³-hybridized carbons (Fsp3) is 0.263. The van der Waals surface area contributed by atoms with Gasteiger partial charge in [0.15, 0.2) is 5.78 Å². The zero-order valence-corrected chi connectivity index (χ0v) is 14.5. The molecule has 0 amide bonds. The molecule has 7 heteroatoms. The fourth-order valence-corrected chi connectivity index (χ4v) is 2.19. The Labute approximate surface area is 149 Å². The van der Waals surface area contributed by atoms with Crippen molar-refractivity contribution in [2.24, 2.45) is 5.92 Å². The Kier molecular flexibility index (Phi) is 6.27. The number of hydrogen-bond donors (Lipinski definition) is 0. The number of methoxy groups -OCH3 is 1. The maximum Gasteiger partial charge on any atom is 0.387 e. The second-order valence-corrected chi connectivity index (χ2v) is 5.68. The van der Waals surface area contributed by atoms with Gasteiger partial charge in [-0.3, -0.25) is 4.79 Å². The molecule has 0 aliphatic heterocycles. The summed E-state index contributed by atoms with van der Waals surface area (Å²) in [6, 6.07) is 10.0. The van der Waals surface area contributed by atoms with Gasteiger partial charge in [0.25, 0.3) is 0 Å². The van der Waals surface area contributed by atoms with E-state index in [0.717, 1.165) is 6.07 Å². The minimum absolute atomic E-state index is 0.0402. The molecule has 0 fully saturated rings. The van der Waals surface area contributed by atoms with Gasteiger partial charge in [-0.2, -0.15) is 8.78 Å². The highest BCUT2D eigenvalue weighted by Crippen LogP contribution is 2.26. The SMILES string of the molecule is COc1cccc(OC(=O)c2ccc(OC(F)F)c(C(=O)C(C)C)c2)c1. The van der Waals surface area contributed by atoms with Crippen molar-refractivity contribution < 1.29 is 32.6 Å². The first-order valence-corrected chi connectivity index (χ1v) is 7.81. The van der Waals surface area contributed by atoms with Gasteiger partial charge in [-0.25, -0.2) is 4.79 Å². The average molecular weight is 364 g/mol. The molecule has 0 N–H and O–H groups in total. The predicted octanol–water partition coefficient (Wildman–Crippen LogP) is 4.35. The molecule has 0 radical (unpaired) electrons. The van der Waals surface area contributed by atoms with Gasteiger partial charge in [0.1, 0.15) is 17.2 Å². The number of esters is 1. The number of rotatable bonds is 7. The molecule has 138 valence electrons. The van der Waals surface area contributed by atoms with Crippen LogP contribution in [0.25, 0.3) is 0 Å². The Balaban J connectivity index is 2.31. The molecule has 2 rings (SSSR count). The highest BCUT2D eigenvalue weighted by molar-refractivity contribution is 6.02. The summed E-state index contributed by atoms with van der Waals surface area (Å²) >= 11 is 0. The summed E-state index contributed by atoms with van der Waals surface area (Å²) in [5, 5.41) is 0. The molecule has 0 bridgehead atoms. The van der Waals surface area contributed by atoms with Crippen molar-refractivity contribution in [3.8, 4) is 17.2 Å². The number of halogens is 2. The van der Waals surface area contributed by atoms with Crippen LogP contribution >= 0.6 is 0 Å². The van der Waals surface area contributed by atoms with Gasteiger partial charge >= 0.3 is 12.6 Å². The maximum absolute atomic E-state index is 12.5. The number of carbonyl (C=O) groups is 2. The number of ketones is 1. The predicted molar refractivity (Wildman–Crippen MR) is 90.2 cm³/mol. The lowest BCUT2D eigenvalue weighted by Crippen LogP contribution is -2.15. The van der Waals surface area contributed by atoms with E-state index in [1.807, 2.05) is 0 Å². The largest absolute Gasteiger partial charge is 0.497 e. The van der Waals surface area contributed by atoms with Crippen LogP contribution in [0.2, 0.25) is 0 Å². The minimum Gasteiger partial charge on any atom is -0.497 e. The van der Waals surface area contributed by atoms with Crippen molar-refractivity contribution >= 4 is 11.8 Å². The third-order valence-electron chi connectivity index (χ3n) is 3.47. The van der Waals surface area contributed by atoms with Crippen molar-refractivity contribution in [2.45, 2.75) is 20.5 Å². The smallest absolute Gasteiger partial charge is 0.387 e. The molecule has 0 spiro atoms. The van der Waals surface area contributed by atoms with Crippen LogP contribution in [0.1, 0.15) is 34.6 Å². The second-order valence-electron chi connectivity index (χ2n) is 5.68. The molecule has 26 heavy (non-hydrogen) atoms. The molecule has 0 aliphatic rings. The third kappa shape index (κ3) is 4.78. The Morgan fingerprint density at radius 2 is 1.69 bits per heavy atom. The average Bonchev–Trinajstić information content (AvgIpc) is 2.61. The Morgan fingerprint density at radius 3 is 2.31 bits per heavy atom. The summed E-state index contributed by atoms with van der Waals surface area (Å²) in [7, 11) is 1.48. The van der Waals surface area contributed by atoms with Crippen molar-refractivity contribution in [1.29, 1.82) is 0 Å². The first-order valence-electron chi connectivity index (χ1n) is 7.81. The standard InChI is InChI=1S/C19H18F2O5/c1-11(2)17(22)15-9-12(7-8-16(15)26-19(20)21)18(23)25-14-6-4-5-13(10-14)24-3/h4-11,19H,1-3H3. The molecule has 0 aromatic heterocycles. The van der Waals surface area contributed by atoms with Crippen molar-refractivity contribution in [2.75, 3.05) is 7.11 Å². The summed E-state index contributed by atoms with van der Waals surface area (Å²) in [5.41, 5.74) is -0.0566. The summed E-state index contributed by atoms with van der Waals surface area (Å²) in [6.45, 7) is 0.161. The van der Waals surface area contributed by atoms with Crippen LogP contribution < -0.4 is 14.2 Å². The third-order valence-corrected chi connectivity index (χ3v) is 3.47. The molecule has 0 saturated heterocycles. The van der Waals surface area contributed by atoms with E-state index in [2.05, 4.69) is 4.74 Å². The van der Waals surface area contributed by atoms with E-state index in [9.17, 15) is 18.4 Å². The number of benzene rings is 2. The molecule has 2 aromatic carbocycles. The zero-order valence-electron chi connectivity index (χ0n) is 14.5. The number of hydrogen-bond acceptors (Lipinski definition) is 5. The van der Waals surface area contributed by atoms with Crippen LogP contribution in [0.15, 0.2) is 42.5 Å². The first-order chi connectivity index (χ1) is 12.3. The van der Waals surface area contributed by atoms with E-state index in [0.29, 0.717) is 5.75 Å². The van der Waals surface area contributed by atoms with Gasteiger partial charge in [-0.15, -0.1) is 0 Å². The molecular weight excluding hydrogens is 346 g/mol. The van der Waals surface area contributed by atoms with E-state index >= 15 is 0 Å². The number of ether oxygens (including phenoxy) is 3. The summed E-state index contributed by atoms with van der Waals surface area (Å²) in [5.74, 6) is -1.14.